The topological polar surface area (TPSA) is 12.0 Å². The second-order valence-electron chi connectivity index (χ2n) is 4.84. The molecule has 0 fully saturated rings. The minimum atomic E-state index is 0.789. The number of hydrogen-bond acceptors (Lipinski definition) is 2. The molecule has 0 radical (unpaired) electrons. The van der Waals surface area contributed by atoms with Crippen LogP contribution in [0, 0.1) is 0 Å². The maximum absolute atomic E-state index is 5.92. The van der Waals surface area contributed by atoms with Crippen LogP contribution >= 0.6 is 39.3 Å². The van der Waals surface area contributed by atoms with Crippen LogP contribution in [0.15, 0.2) is 51.8 Å². The molecule has 0 aliphatic rings. The van der Waals surface area contributed by atoms with E-state index in [2.05, 4.69) is 58.5 Å². The highest BCUT2D eigenvalue weighted by Gasteiger charge is 2.05. The Kier molecular flexibility index (Phi) is 7.11. The molecule has 112 valence electrons. The largest absolute Gasteiger partial charge is 0.313 e. The van der Waals surface area contributed by atoms with Gasteiger partial charge in [0.25, 0.3) is 0 Å². The third-order valence-electron chi connectivity index (χ3n) is 3.07. The summed E-state index contributed by atoms with van der Waals surface area (Å²) in [6, 6.07) is 14.6. The Morgan fingerprint density at radius 2 is 1.90 bits per heavy atom. The molecular formula is C17H19BrClNS. The van der Waals surface area contributed by atoms with Gasteiger partial charge in [-0.1, -0.05) is 46.6 Å². The molecule has 0 atom stereocenters. The van der Waals surface area contributed by atoms with E-state index in [1.165, 1.54) is 16.0 Å². The summed E-state index contributed by atoms with van der Waals surface area (Å²) < 4.78 is 1.13. The Balaban J connectivity index is 2.02. The summed E-state index contributed by atoms with van der Waals surface area (Å²) in [5, 5.41) is 4.26. The molecule has 0 saturated carbocycles. The van der Waals surface area contributed by atoms with E-state index in [-0.39, 0.29) is 0 Å². The highest BCUT2D eigenvalue weighted by atomic mass is 79.9. The average Bonchev–Trinajstić information content (AvgIpc) is 2.48. The third kappa shape index (κ3) is 5.67. The SMILES string of the molecule is CCCNCc1cc(Br)ccc1SCc1ccc(Cl)cc1. The van der Waals surface area contributed by atoms with Crippen molar-refractivity contribution in [2.45, 2.75) is 30.5 Å². The predicted octanol–water partition coefficient (Wildman–Crippen LogP) is 5.89. The number of halogens is 2. The monoisotopic (exact) mass is 383 g/mol. The Labute approximate surface area is 144 Å². The molecule has 0 unspecified atom stereocenters. The minimum absolute atomic E-state index is 0.789. The molecule has 1 nitrogen and oxygen atoms in total. The molecule has 0 saturated heterocycles. The van der Waals surface area contributed by atoms with Crippen LogP contribution in [0.2, 0.25) is 5.02 Å². The third-order valence-corrected chi connectivity index (χ3v) is 5.00. The van der Waals surface area contributed by atoms with Crippen molar-refractivity contribution >= 4 is 39.3 Å². The molecule has 1 N–H and O–H groups in total. The van der Waals surface area contributed by atoms with Crippen molar-refractivity contribution in [3.8, 4) is 0 Å². The quantitative estimate of drug-likeness (QED) is 0.471. The van der Waals surface area contributed by atoms with Gasteiger partial charge in [-0.05, 0) is 54.4 Å². The van der Waals surface area contributed by atoms with Crippen molar-refractivity contribution in [1.29, 1.82) is 0 Å². The maximum Gasteiger partial charge on any atom is 0.0406 e. The minimum Gasteiger partial charge on any atom is -0.313 e. The number of rotatable bonds is 7. The van der Waals surface area contributed by atoms with E-state index in [9.17, 15) is 0 Å². The van der Waals surface area contributed by atoms with E-state index in [1.807, 2.05) is 23.9 Å². The zero-order valence-electron chi connectivity index (χ0n) is 12.0. The van der Waals surface area contributed by atoms with E-state index in [0.29, 0.717) is 0 Å². The Morgan fingerprint density at radius 3 is 2.62 bits per heavy atom. The van der Waals surface area contributed by atoms with Gasteiger partial charge >= 0.3 is 0 Å². The lowest BCUT2D eigenvalue weighted by Gasteiger charge is -2.11. The molecule has 0 heterocycles. The lowest BCUT2D eigenvalue weighted by Crippen LogP contribution is -2.14. The molecule has 0 spiro atoms. The van der Waals surface area contributed by atoms with Gasteiger partial charge in [0.15, 0.2) is 0 Å². The van der Waals surface area contributed by atoms with E-state index >= 15 is 0 Å². The smallest absolute Gasteiger partial charge is 0.0406 e. The molecule has 0 bridgehead atoms. The highest BCUT2D eigenvalue weighted by Crippen LogP contribution is 2.29. The number of nitrogens with one attached hydrogen (secondary N) is 1. The van der Waals surface area contributed by atoms with Crippen LogP contribution in [0.5, 0.6) is 0 Å². The highest BCUT2D eigenvalue weighted by molar-refractivity contribution is 9.10. The zero-order chi connectivity index (χ0) is 15.1. The first-order chi connectivity index (χ1) is 10.2. The van der Waals surface area contributed by atoms with Crippen molar-refractivity contribution in [1.82, 2.24) is 5.32 Å². The van der Waals surface area contributed by atoms with Crippen molar-refractivity contribution in [2.24, 2.45) is 0 Å². The standard InChI is InChI=1S/C17H19BrClNS/c1-2-9-20-11-14-10-15(18)5-8-17(14)21-12-13-3-6-16(19)7-4-13/h3-8,10,20H,2,9,11-12H2,1H3. The van der Waals surface area contributed by atoms with Crippen LogP contribution in [0.25, 0.3) is 0 Å². The van der Waals surface area contributed by atoms with Gasteiger partial charge in [-0.2, -0.15) is 0 Å². The lowest BCUT2D eigenvalue weighted by atomic mass is 10.2. The molecule has 2 rings (SSSR count). The van der Waals surface area contributed by atoms with Crippen molar-refractivity contribution < 1.29 is 0 Å². The summed E-state index contributed by atoms with van der Waals surface area (Å²) in [6.07, 6.45) is 1.15. The maximum atomic E-state index is 5.92. The average molecular weight is 385 g/mol. The molecular weight excluding hydrogens is 366 g/mol. The molecule has 2 aromatic rings. The van der Waals surface area contributed by atoms with Gasteiger partial charge in [0.2, 0.25) is 0 Å². The Morgan fingerprint density at radius 1 is 1.14 bits per heavy atom. The fraction of sp³-hybridized carbons (Fsp3) is 0.294. The van der Waals surface area contributed by atoms with E-state index in [1.54, 1.807) is 0 Å². The normalized spacial score (nSPS) is 10.8. The molecule has 2 aromatic carbocycles. The van der Waals surface area contributed by atoms with E-state index in [0.717, 1.165) is 34.8 Å². The summed E-state index contributed by atoms with van der Waals surface area (Å²) in [4.78, 5) is 1.33. The van der Waals surface area contributed by atoms with Crippen molar-refractivity contribution in [3.63, 3.8) is 0 Å². The Hall–Kier alpha value is -0.480. The zero-order valence-corrected chi connectivity index (χ0v) is 15.2. The predicted molar refractivity (Wildman–Crippen MR) is 97.2 cm³/mol. The van der Waals surface area contributed by atoms with Gasteiger partial charge in [-0.15, -0.1) is 11.8 Å². The van der Waals surface area contributed by atoms with Crippen molar-refractivity contribution in [3.05, 3.63) is 63.1 Å². The first-order valence-corrected chi connectivity index (χ1v) is 9.21. The van der Waals surface area contributed by atoms with Gasteiger partial charge in [0, 0.05) is 26.7 Å². The van der Waals surface area contributed by atoms with E-state index in [4.69, 9.17) is 11.6 Å². The lowest BCUT2D eigenvalue weighted by molar-refractivity contribution is 0.669. The van der Waals surface area contributed by atoms with Crippen LogP contribution in [0.1, 0.15) is 24.5 Å². The molecule has 0 amide bonds. The molecule has 4 heteroatoms. The fourth-order valence-electron chi connectivity index (χ4n) is 1.97. The summed E-state index contributed by atoms with van der Waals surface area (Å²) in [6.45, 7) is 4.15. The number of thioether (sulfide) groups is 1. The van der Waals surface area contributed by atoms with Crippen molar-refractivity contribution in [2.75, 3.05) is 6.54 Å². The summed E-state index contributed by atoms with van der Waals surface area (Å²) in [7, 11) is 0. The van der Waals surface area contributed by atoms with Crippen LogP contribution in [-0.2, 0) is 12.3 Å². The first-order valence-electron chi connectivity index (χ1n) is 7.05. The second-order valence-corrected chi connectivity index (χ2v) is 7.21. The second kappa shape index (κ2) is 8.84. The van der Waals surface area contributed by atoms with Crippen LogP contribution in [0.4, 0.5) is 0 Å². The molecule has 21 heavy (non-hydrogen) atoms. The Bertz CT molecular complexity index is 572. The van der Waals surface area contributed by atoms with E-state index < -0.39 is 0 Å². The number of benzene rings is 2. The summed E-state index contributed by atoms with van der Waals surface area (Å²) >= 11 is 11.3. The first kappa shape index (κ1) is 16.9. The fourth-order valence-corrected chi connectivity index (χ4v) is 3.50. The molecule has 0 aromatic heterocycles. The summed E-state index contributed by atoms with van der Waals surface area (Å²) in [5.41, 5.74) is 2.64. The number of hydrogen-bond donors (Lipinski definition) is 1. The van der Waals surface area contributed by atoms with Gasteiger partial charge in [0.1, 0.15) is 0 Å². The van der Waals surface area contributed by atoms with Gasteiger partial charge in [0.05, 0.1) is 0 Å². The molecule has 0 aliphatic carbocycles. The van der Waals surface area contributed by atoms with Crippen LogP contribution in [-0.4, -0.2) is 6.54 Å². The van der Waals surface area contributed by atoms with Gasteiger partial charge in [-0.3, -0.25) is 0 Å². The molecule has 0 aliphatic heterocycles. The summed E-state index contributed by atoms with van der Waals surface area (Å²) in [5.74, 6) is 0.958. The van der Waals surface area contributed by atoms with Crippen LogP contribution < -0.4 is 5.32 Å². The van der Waals surface area contributed by atoms with Gasteiger partial charge in [-0.25, -0.2) is 0 Å². The van der Waals surface area contributed by atoms with Gasteiger partial charge < -0.3 is 5.32 Å². The van der Waals surface area contributed by atoms with Crippen LogP contribution in [0.3, 0.4) is 0 Å².